The van der Waals surface area contributed by atoms with Crippen molar-refractivity contribution in [3.63, 3.8) is 0 Å². The van der Waals surface area contributed by atoms with E-state index in [1.54, 1.807) is 11.3 Å². The van der Waals surface area contributed by atoms with Gasteiger partial charge in [0.2, 0.25) is 0 Å². The summed E-state index contributed by atoms with van der Waals surface area (Å²) < 4.78 is 29.9. The zero-order chi connectivity index (χ0) is 44.3. The highest BCUT2D eigenvalue weighted by Crippen LogP contribution is 2.53. The van der Waals surface area contributed by atoms with Crippen molar-refractivity contribution in [1.82, 2.24) is 0 Å². The quantitative estimate of drug-likeness (QED) is 0.151. The Labute approximate surface area is 392 Å². The molecule has 0 saturated heterocycles. The molecule has 3 heterocycles. The van der Waals surface area contributed by atoms with Crippen molar-refractivity contribution in [3.8, 4) is 56.8 Å². The Bertz CT molecular complexity index is 3260. The normalized spacial score (nSPS) is 18.7. The SMILES string of the molecule is C1=CC2Oc3c(Oc4ccccc4-c4cccc5c4sc4c(-c6ccccc6Oc6cccc7c6OC6C=CC=CC6N7c6ccccc6)cccc45)cccc3N(c3ccccc3)C2C=C1. The van der Waals surface area contributed by atoms with Gasteiger partial charge >= 0.3 is 0 Å². The van der Waals surface area contributed by atoms with E-state index in [0.29, 0.717) is 11.5 Å². The van der Waals surface area contributed by atoms with Crippen LogP contribution in [0, 0.1) is 0 Å². The van der Waals surface area contributed by atoms with Gasteiger partial charge in [-0.05, 0) is 72.8 Å². The van der Waals surface area contributed by atoms with Crippen LogP contribution >= 0.6 is 11.3 Å². The highest BCUT2D eigenvalue weighted by atomic mass is 32.1. The van der Waals surface area contributed by atoms with Crippen LogP contribution in [0.3, 0.4) is 0 Å². The van der Waals surface area contributed by atoms with Gasteiger partial charge in [-0.15, -0.1) is 11.3 Å². The summed E-state index contributed by atoms with van der Waals surface area (Å²) in [5.74, 6) is 4.27. The van der Waals surface area contributed by atoms with Crippen molar-refractivity contribution in [2.45, 2.75) is 24.3 Å². The summed E-state index contributed by atoms with van der Waals surface area (Å²) in [6.07, 6.45) is 16.6. The van der Waals surface area contributed by atoms with Gasteiger partial charge in [-0.2, -0.15) is 0 Å². The van der Waals surface area contributed by atoms with Crippen LogP contribution in [0.5, 0.6) is 34.5 Å². The molecule has 4 atom stereocenters. The molecule has 4 unspecified atom stereocenters. The van der Waals surface area contributed by atoms with Crippen LogP contribution in [-0.4, -0.2) is 24.3 Å². The van der Waals surface area contributed by atoms with E-state index in [1.165, 1.54) is 20.2 Å². The van der Waals surface area contributed by atoms with Crippen LogP contribution in [0.2, 0.25) is 0 Å². The zero-order valence-corrected chi connectivity index (χ0v) is 37.0. The summed E-state index contributed by atoms with van der Waals surface area (Å²) in [5, 5.41) is 2.37. The average molecular weight is 887 g/mol. The molecule has 0 fully saturated rings. The lowest BCUT2D eigenvalue weighted by molar-refractivity contribution is 0.210. The second-order valence-corrected chi connectivity index (χ2v) is 18.0. The third-order valence-electron chi connectivity index (χ3n) is 13.0. The fourth-order valence-corrected chi connectivity index (χ4v) is 11.4. The molecule has 0 amide bonds. The van der Waals surface area contributed by atoms with E-state index < -0.39 is 0 Å². The standard InChI is InChI=1S/C60H42N2O4S/c1-3-19-39(20-4-1)61-47-29-9-13-35-53(47)65-57-49(61)31-17-37-55(57)63-51-33-11-7-23-41(51)43-25-15-27-45-46-28-16-26-44(60(46)67-59(43)45)42-24-8-12-34-52(42)64-56-38-18-32-50-58(56)66-54-36-14-10-30-48(54)62(50)40-21-5-2-6-22-40/h1-38,47-48,53-54H. The van der Waals surface area contributed by atoms with Crippen molar-refractivity contribution in [2.75, 3.05) is 9.80 Å². The summed E-state index contributed by atoms with van der Waals surface area (Å²) in [4.78, 5) is 4.70. The van der Waals surface area contributed by atoms with E-state index in [0.717, 1.165) is 68.0 Å². The van der Waals surface area contributed by atoms with Gasteiger partial charge in [0.05, 0.1) is 23.5 Å². The number of benzene rings is 8. The number of thiophene rings is 1. The summed E-state index contributed by atoms with van der Waals surface area (Å²) in [5.41, 5.74) is 8.33. The van der Waals surface area contributed by atoms with Crippen LogP contribution < -0.4 is 28.7 Å². The molecule has 7 heteroatoms. The van der Waals surface area contributed by atoms with Gasteiger partial charge in [0.15, 0.2) is 23.0 Å². The van der Waals surface area contributed by atoms with Crippen molar-refractivity contribution >= 4 is 54.3 Å². The number of ether oxygens (including phenoxy) is 4. The molecule has 0 saturated carbocycles. The molecular formula is C60H42N2O4S. The smallest absolute Gasteiger partial charge is 0.186 e. The third-order valence-corrected chi connectivity index (χ3v) is 14.3. The molecular weight excluding hydrogens is 845 g/mol. The number of allylic oxidation sites excluding steroid dienone is 4. The van der Waals surface area contributed by atoms with E-state index in [1.807, 2.05) is 36.4 Å². The minimum atomic E-state index is -0.175. The summed E-state index contributed by atoms with van der Waals surface area (Å²) in [6, 6.07) is 63.2. The van der Waals surface area contributed by atoms with Crippen molar-refractivity contribution in [2.24, 2.45) is 0 Å². The second kappa shape index (κ2) is 16.3. The number of hydrogen-bond donors (Lipinski definition) is 0. The van der Waals surface area contributed by atoms with Gasteiger partial charge in [0.1, 0.15) is 23.7 Å². The summed E-state index contributed by atoms with van der Waals surface area (Å²) >= 11 is 1.80. The van der Waals surface area contributed by atoms with Gasteiger partial charge in [0, 0.05) is 53.8 Å². The first-order valence-electron chi connectivity index (χ1n) is 22.7. The lowest BCUT2D eigenvalue weighted by atomic mass is 9.98. The summed E-state index contributed by atoms with van der Waals surface area (Å²) in [7, 11) is 0. The highest BCUT2D eigenvalue weighted by Gasteiger charge is 2.38. The van der Waals surface area contributed by atoms with Crippen LogP contribution in [0.25, 0.3) is 42.4 Å². The molecule has 2 aliphatic heterocycles. The van der Waals surface area contributed by atoms with E-state index in [9.17, 15) is 0 Å². The van der Waals surface area contributed by atoms with Crippen molar-refractivity contribution < 1.29 is 18.9 Å². The average Bonchev–Trinajstić information content (AvgIpc) is 3.78. The maximum absolute atomic E-state index is 6.99. The van der Waals surface area contributed by atoms with Gasteiger partial charge in [-0.1, -0.05) is 158 Å². The molecule has 0 spiro atoms. The highest BCUT2D eigenvalue weighted by molar-refractivity contribution is 7.26. The topological polar surface area (TPSA) is 43.4 Å². The predicted octanol–water partition coefficient (Wildman–Crippen LogP) is 15.8. The zero-order valence-electron chi connectivity index (χ0n) is 36.2. The van der Waals surface area contributed by atoms with Gasteiger partial charge in [-0.3, -0.25) is 0 Å². The molecule has 1 aromatic heterocycles. The van der Waals surface area contributed by atoms with E-state index in [-0.39, 0.29) is 24.3 Å². The maximum Gasteiger partial charge on any atom is 0.186 e. The first-order chi connectivity index (χ1) is 33.2. The van der Waals surface area contributed by atoms with Gasteiger partial charge in [-0.25, -0.2) is 0 Å². The number of rotatable bonds is 8. The van der Waals surface area contributed by atoms with Crippen LogP contribution in [0.1, 0.15) is 0 Å². The van der Waals surface area contributed by atoms with E-state index in [4.69, 9.17) is 18.9 Å². The lowest BCUT2D eigenvalue weighted by Gasteiger charge is -2.42. The fraction of sp³-hybridized carbons (Fsp3) is 0.0667. The van der Waals surface area contributed by atoms with Gasteiger partial charge < -0.3 is 28.7 Å². The molecule has 6 nitrogen and oxygen atoms in total. The first kappa shape index (κ1) is 39.1. The Balaban J connectivity index is 0.878. The van der Waals surface area contributed by atoms with Crippen molar-refractivity contribution in [3.05, 3.63) is 231 Å². The molecule has 13 rings (SSSR count). The number of para-hydroxylation sites is 6. The first-order valence-corrected chi connectivity index (χ1v) is 23.5. The maximum atomic E-state index is 6.99. The molecule has 322 valence electrons. The Morgan fingerprint density at radius 3 is 1.22 bits per heavy atom. The Morgan fingerprint density at radius 1 is 0.358 bits per heavy atom. The molecule has 9 aromatic rings. The molecule has 4 aliphatic rings. The monoisotopic (exact) mass is 886 g/mol. The molecule has 0 N–H and O–H groups in total. The fourth-order valence-electron chi connectivity index (χ4n) is 10.1. The largest absolute Gasteiger partial charge is 0.478 e. The van der Waals surface area contributed by atoms with Crippen LogP contribution in [-0.2, 0) is 0 Å². The second-order valence-electron chi connectivity index (χ2n) is 17.0. The van der Waals surface area contributed by atoms with E-state index in [2.05, 4.69) is 204 Å². The van der Waals surface area contributed by atoms with Crippen molar-refractivity contribution in [1.29, 1.82) is 0 Å². The minimum absolute atomic E-state index is 0.0138. The molecule has 2 aliphatic carbocycles. The third kappa shape index (κ3) is 6.69. The van der Waals surface area contributed by atoms with Crippen LogP contribution in [0.15, 0.2) is 231 Å². The molecule has 67 heavy (non-hydrogen) atoms. The molecule has 0 bridgehead atoms. The minimum Gasteiger partial charge on any atom is -0.478 e. The summed E-state index contributed by atoms with van der Waals surface area (Å²) in [6.45, 7) is 0. The Hall–Kier alpha value is -8.26. The Morgan fingerprint density at radius 2 is 0.746 bits per heavy atom. The predicted molar refractivity (Wildman–Crippen MR) is 273 cm³/mol. The number of nitrogens with zero attached hydrogens (tertiary/aromatic N) is 2. The number of anilines is 4. The number of fused-ring (bicyclic) bond motifs is 7. The van der Waals surface area contributed by atoms with Gasteiger partial charge in [0.25, 0.3) is 0 Å². The molecule has 0 radical (unpaired) electrons. The van der Waals surface area contributed by atoms with E-state index >= 15 is 0 Å². The lowest BCUT2D eigenvalue weighted by Crippen LogP contribution is -2.46. The number of hydrogen-bond acceptors (Lipinski definition) is 7. The molecule has 8 aromatic carbocycles. The van der Waals surface area contributed by atoms with Crippen LogP contribution in [0.4, 0.5) is 22.7 Å². The Kier molecular flexibility index (Phi) is 9.53.